The van der Waals surface area contributed by atoms with Crippen molar-refractivity contribution in [3.8, 4) is 0 Å². The minimum Gasteiger partial charge on any atom is -0.396 e. The average Bonchev–Trinajstić information content (AvgIpc) is 2.39. The normalized spacial score (nSPS) is 19.5. The van der Waals surface area contributed by atoms with Crippen LogP contribution in [0.2, 0.25) is 0 Å². The molecular formula is C15H20BrNO2. The van der Waals surface area contributed by atoms with Crippen LogP contribution in [0.15, 0.2) is 22.7 Å². The van der Waals surface area contributed by atoms with Gasteiger partial charge in [0.15, 0.2) is 5.78 Å². The molecule has 1 N–H and O–H groups in total. The maximum atomic E-state index is 11.7. The van der Waals surface area contributed by atoms with E-state index in [0.29, 0.717) is 5.92 Å². The van der Waals surface area contributed by atoms with E-state index < -0.39 is 0 Å². The fourth-order valence-corrected chi connectivity index (χ4v) is 3.12. The van der Waals surface area contributed by atoms with Crippen LogP contribution in [0.25, 0.3) is 0 Å². The largest absolute Gasteiger partial charge is 0.396 e. The lowest BCUT2D eigenvalue weighted by molar-refractivity contribution is 0.101. The summed E-state index contributed by atoms with van der Waals surface area (Å²) in [5.41, 5.74) is 1.80. The van der Waals surface area contributed by atoms with Crippen molar-refractivity contribution < 1.29 is 9.90 Å². The first-order valence-corrected chi connectivity index (χ1v) is 7.57. The van der Waals surface area contributed by atoms with Crippen molar-refractivity contribution in [3.05, 3.63) is 28.2 Å². The first-order chi connectivity index (χ1) is 9.11. The van der Waals surface area contributed by atoms with Crippen molar-refractivity contribution >= 4 is 27.4 Å². The van der Waals surface area contributed by atoms with E-state index in [1.54, 1.807) is 6.92 Å². The molecule has 1 aromatic rings. The molecule has 0 aliphatic carbocycles. The summed E-state index contributed by atoms with van der Waals surface area (Å²) in [5.74, 6) is 0.629. The molecule has 1 aliphatic rings. The van der Waals surface area contributed by atoms with Crippen LogP contribution >= 0.6 is 15.9 Å². The SMILES string of the molecule is CC(=O)c1ccc(Br)cc1N1CCCC(CCO)C1. The number of Topliss-reactive ketones (excluding diaryl/α,β-unsaturated/α-hetero) is 1. The van der Waals surface area contributed by atoms with Crippen LogP contribution in [0.1, 0.15) is 36.5 Å². The Labute approximate surface area is 122 Å². The van der Waals surface area contributed by atoms with E-state index in [2.05, 4.69) is 20.8 Å². The fraction of sp³-hybridized carbons (Fsp3) is 0.533. The molecule has 3 nitrogen and oxygen atoms in total. The molecule has 1 aromatic carbocycles. The second-order valence-electron chi connectivity index (χ2n) is 5.18. The molecular weight excluding hydrogens is 306 g/mol. The van der Waals surface area contributed by atoms with Crippen LogP contribution in [0.4, 0.5) is 5.69 Å². The highest BCUT2D eigenvalue weighted by Crippen LogP contribution is 2.30. The van der Waals surface area contributed by atoms with Crippen molar-refractivity contribution in [2.24, 2.45) is 5.92 Å². The first kappa shape index (κ1) is 14.5. The zero-order valence-electron chi connectivity index (χ0n) is 11.2. The zero-order chi connectivity index (χ0) is 13.8. The predicted octanol–water partition coefficient (Wildman–Crippen LogP) is 3.25. The molecule has 104 valence electrons. The molecule has 0 saturated carbocycles. The number of carbonyl (C=O) groups is 1. The summed E-state index contributed by atoms with van der Waals surface area (Å²) in [5, 5.41) is 9.08. The number of nitrogens with zero attached hydrogens (tertiary/aromatic N) is 1. The molecule has 4 heteroatoms. The molecule has 19 heavy (non-hydrogen) atoms. The number of aliphatic hydroxyl groups excluding tert-OH is 1. The van der Waals surface area contributed by atoms with Gasteiger partial charge >= 0.3 is 0 Å². The van der Waals surface area contributed by atoms with Gasteiger partial charge in [-0.1, -0.05) is 15.9 Å². The van der Waals surface area contributed by atoms with Crippen LogP contribution in [0.5, 0.6) is 0 Å². The Morgan fingerprint density at radius 3 is 3.00 bits per heavy atom. The Morgan fingerprint density at radius 1 is 1.53 bits per heavy atom. The van der Waals surface area contributed by atoms with E-state index in [1.165, 1.54) is 6.42 Å². The maximum absolute atomic E-state index is 11.7. The lowest BCUT2D eigenvalue weighted by Crippen LogP contribution is -2.36. The van der Waals surface area contributed by atoms with Crippen LogP contribution in [-0.4, -0.2) is 30.6 Å². The van der Waals surface area contributed by atoms with Crippen LogP contribution in [-0.2, 0) is 0 Å². The number of halogens is 1. The quantitative estimate of drug-likeness (QED) is 0.864. The highest BCUT2D eigenvalue weighted by atomic mass is 79.9. The Bertz CT molecular complexity index is 459. The molecule has 0 bridgehead atoms. The highest BCUT2D eigenvalue weighted by Gasteiger charge is 2.22. The van der Waals surface area contributed by atoms with Crippen molar-refractivity contribution in [3.63, 3.8) is 0 Å². The predicted molar refractivity (Wildman–Crippen MR) is 80.8 cm³/mol. The molecule has 0 amide bonds. The Balaban J connectivity index is 2.24. The van der Waals surface area contributed by atoms with Gasteiger partial charge in [0.2, 0.25) is 0 Å². The van der Waals surface area contributed by atoms with E-state index in [4.69, 9.17) is 5.11 Å². The lowest BCUT2D eigenvalue weighted by atomic mass is 9.94. The second kappa shape index (κ2) is 6.53. The van der Waals surface area contributed by atoms with E-state index in [9.17, 15) is 4.79 Å². The number of hydrogen-bond acceptors (Lipinski definition) is 3. The zero-order valence-corrected chi connectivity index (χ0v) is 12.8. The molecule has 1 unspecified atom stereocenters. The number of benzene rings is 1. The average molecular weight is 326 g/mol. The van der Waals surface area contributed by atoms with Gasteiger partial charge in [0.1, 0.15) is 0 Å². The molecule has 1 atom stereocenters. The third-order valence-electron chi connectivity index (χ3n) is 3.74. The summed E-state index contributed by atoms with van der Waals surface area (Å²) in [6.45, 7) is 3.77. The van der Waals surface area contributed by atoms with Crippen LogP contribution in [0.3, 0.4) is 0 Å². The van der Waals surface area contributed by atoms with Gasteiger partial charge in [0.25, 0.3) is 0 Å². The fourth-order valence-electron chi connectivity index (χ4n) is 2.77. The minimum atomic E-state index is 0.104. The molecule has 1 heterocycles. The third kappa shape index (κ3) is 3.57. The molecule has 0 spiro atoms. The van der Waals surface area contributed by atoms with Gasteiger partial charge in [0, 0.05) is 35.4 Å². The van der Waals surface area contributed by atoms with Gasteiger partial charge in [-0.3, -0.25) is 4.79 Å². The van der Waals surface area contributed by atoms with Crippen LogP contribution < -0.4 is 4.90 Å². The molecule has 0 aromatic heterocycles. The van der Waals surface area contributed by atoms with Gasteiger partial charge in [-0.2, -0.15) is 0 Å². The smallest absolute Gasteiger partial charge is 0.161 e. The Hall–Kier alpha value is -0.870. The van der Waals surface area contributed by atoms with Gasteiger partial charge < -0.3 is 10.0 Å². The second-order valence-corrected chi connectivity index (χ2v) is 6.10. The number of hydrogen-bond donors (Lipinski definition) is 1. The standard InChI is InChI=1S/C15H20BrNO2/c1-11(19)14-5-4-13(16)9-15(14)17-7-2-3-12(10-17)6-8-18/h4-5,9,12,18H,2-3,6-8,10H2,1H3. The van der Waals surface area contributed by atoms with Gasteiger partial charge in [-0.25, -0.2) is 0 Å². The number of aliphatic hydroxyl groups is 1. The summed E-state index contributed by atoms with van der Waals surface area (Å²) in [6.07, 6.45) is 3.13. The van der Waals surface area contributed by atoms with E-state index in [1.807, 2.05) is 18.2 Å². The summed E-state index contributed by atoms with van der Waals surface area (Å²) >= 11 is 3.48. The molecule has 2 rings (SSSR count). The van der Waals surface area contributed by atoms with Crippen molar-refractivity contribution in [1.29, 1.82) is 0 Å². The lowest BCUT2D eigenvalue weighted by Gasteiger charge is -2.35. The van der Waals surface area contributed by atoms with Gasteiger partial charge in [-0.15, -0.1) is 0 Å². The Kier molecular flexibility index (Phi) is 4.99. The maximum Gasteiger partial charge on any atom is 0.161 e. The monoisotopic (exact) mass is 325 g/mol. The molecule has 1 saturated heterocycles. The van der Waals surface area contributed by atoms with Crippen LogP contribution in [0, 0.1) is 5.92 Å². The van der Waals surface area contributed by atoms with Gasteiger partial charge in [0.05, 0.1) is 0 Å². The first-order valence-electron chi connectivity index (χ1n) is 6.78. The summed E-state index contributed by atoms with van der Waals surface area (Å²) < 4.78 is 0.997. The minimum absolute atomic E-state index is 0.104. The Morgan fingerprint density at radius 2 is 2.32 bits per heavy atom. The van der Waals surface area contributed by atoms with E-state index in [0.717, 1.165) is 41.7 Å². The van der Waals surface area contributed by atoms with Crippen molar-refractivity contribution in [2.45, 2.75) is 26.2 Å². The molecule has 0 radical (unpaired) electrons. The molecule has 1 aliphatic heterocycles. The number of piperidine rings is 1. The van der Waals surface area contributed by atoms with Gasteiger partial charge in [-0.05, 0) is 50.3 Å². The van der Waals surface area contributed by atoms with Crippen molar-refractivity contribution in [1.82, 2.24) is 0 Å². The number of ketones is 1. The topological polar surface area (TPSA) is 40.5 Å². The number of rotatable bonds is 4. The van der Waals surface area contributed by atoms with Crippen molar-refractivity contribution in [2.75, 3.05) is 24.6 Å². The molecule has 1 fully saturated rings. The summed E-state index contributed by atoms with van der Waals surface area (Å²) in [6, 6.07) is 5.82. The third-order valence-corrected chi connectivity index (χ3v) is 4.23. The van der Waals surface area contributed by atoms with E-state index >= 15 is 0 Å². The number of anilines is 1. The highest BCUT2D eigenvalue weighted by molar-refractivity contribution is 9.10. The number of carbonyl (C=O) groups excluding carboxylic acids is 1. The summed E-state index contributed by atoms with van der Waals surface area (Å²) in [4.78, 5) is 14.0. The van der Waals surface area contributed by atoms with E-state index in [-0.39, 0.29) is 12.4 Å². The summed E-state index contributed by atoms with van der Waals surface area (Å²) in [7, 11) is 0.